The maximum absolute atomic E-state index is 5.82. The molecule has 0 aliphatic carbocycles. The van der Waals surface area contributed by atoms with E-state index in [9.17, 15) is 0 Å². The first-order valence-corrected chi connectivity index (χ1v) is 4.73. The number of nitrogen functional groups attached to an aromatic ring is 1. The third-order valence-corrected chi connectivity index (χ3v) is 2.19. The predicted molar refractivity (Wildman–Crippen MR) is 60.3 cm³/mol. The monoisotopic (exact) mass is 220 g/mol. The Morgan fingerprint density at radius 2 is 1.93 bits per heavy atom. The highest BCUT2D eigenvalue weighted by atomic mass is 35.5. The van der Waals surface area contributed by atoms with Crippen LogP contribution in [0.3, 0.4) is 0 Å². The van der Waals surface area contributed by atoms with Crippen molar-refractivity contribution in [1.29, 1.82) is 0 Å². The van der Waals surface area contributed by atoms with Crippen molar-refractivity contribution in [3.05, 3.63) is 41.6 Å². The van der Waals surface area contributed by atoms with Crippen molar-refractivity contribution in [2.75, 3.05) is 5.43 Å². The number of benzene rings is 1. The third-order valence-electron chi connectivity index (χ3n) is 1.91. The van der Waals surface area contributed by atoms with Gasteiger partial charge < -0.3 is 5.43 Å². The molecule has 0 amide bonds. The molecule has 0 spiro atoms. The van der Waals surface area contributed by atoms with Crippen LogP contribution in [-0.2, 0) is 0 Å². The van der Waals surface area contributed by atoms with E-state index in [2.05, 4.69) is 15.4 Å². The first kappa shape index (κ1) is 9.89. The second-order valence-corrected chi connectivity index (χ2v) is 3.31. The lowest BCUT2D eigenvalue weighted by molar-refractivity contribution is 1.15. The minimum absolute atomic E-state index is 0.400. The SMILES string of the molecule is NNc1nc(-c2ccccc2)ncc1Cl. The fourth-order valence-electron chi connectivity index (χ4n) is 1.19. The topological polar surface area (TPSA) is 63.8 Å². The molecule has 76 valence electrons. The van der Waals surface area contributed by atoms with Gasteiger partial charge in [0.1, 0.15) is 5.02 Å². The average Bonchev–Trinajstić information content (AvgIpc) is 2.31. The first-order valence-electron chi connectivity index (χ1n) is 4.36. The Labute approximate surface area is 92.1 Å². The molecule has 0 bridgehead atoms. The molecule has 1 aromatic heterocycles. The molecule has 0 saturated heterocycles. The molecule has 2 aromatic rings. The van der Waals surface area contributed by atoms with Gasteiger partial charge in [-0.3, -0.25) is 0 Å². The van der Waals surface area contributed by atoms with Crippen molar-refractivity contribution in [2.45, 2.75) is 0 Å². The number of halogens is 1. The Morgan fingerprint density at radius 1 is 1.20 bits per heavy atom. The molecule has 4 nitrogen and oxygen atoms in total. The molecule has 0 atom stereocenters. The van der Waals surface area contributed by atoms with Crippen LogP contribution in [0.2, 0.25) is 5.02 Å². The minimum Gasteiger partial charge on any atom is -0.307 e. The lowest BCUT2D eigenvalue weighted by Crippen LogP contribution is -2.10. The summed E-state index contributed by atoms with van der Waals surface area (Å²) in [5.41, 5.74) is 3.34. The highest BCUT2D eigenvalue weighted by molar-refractivity contribution is 6.32. The molecule has 2 rings (SSSR count). The lowest BCUT2D eigenvalue weighted by Gasteiger charge is -2.04. The van der Waals surface area contributed by atoms with E-state index in [0.717, 1.165) is 5.56 Å². The van der Waals surface area contributed by atoms with Crippen molar-refractivity contribution >= 4 is 17.4 Å². The van der Waals surface area contributed by atoms with Gasteiger partial charge >= 0.3 is 0 Å². The zero-order valence-electron chi connectivity index (χ0n) is 7.81. The highest BCUT2D eigenvalue weighted by Gasteiger charge is 2.05. The van der Waals surface area contributed by atoms with Crippen LogP contribution in [0.15, 0.2) is 36.5 Å². The molecule has 1 heterocycles. The van der Waals surface area contributed by atoms with Crippen LogP contribution in [0.5, 0.6) is 0 Å². The van der Waals surface area contributed by atoms with E-state index < -0.39 is 0 Å². The summed E-state index contributed by atoms with van der Waals surface area (Å²) in [5.74, 6) is 6.29. The molecular formula is C10H9ClN4. The summed E-state index contributed by atoms with van der Waals surface area (Å²) in [6.07, 6.45) is 1.52. The van der Waals surface area contributed by atoms with E-state index >= 15 is 0 Å². The van der Waals surface area contributed by atoms with Crippen molar-refractivity contribution in [3.8, 4) is 11.4 Å². The molecule has 0 aliphatic heterocycles. The molecule has 0 radical (unpaired) electrons. The summed E-state index contributed by atoms with van der Waals surface area (Å²) in [6, 6.07) is 9.61. The maximum atomic E-state index is 5.82. The first-order chi connectivity index (χ1) is 7.31. The summed E-state index contributed by atoms with van der Waals surface area (Å²) in [4.78, 5) is 8.30. The van der Waals surface area contributed by atoms with Gasteiger partial charge in [-0.05, 0) is 0 Å². The van der Waals surface area contributed by atoms with Crippen molar-refractivity contribution < 1.29 is 0 Å². The third kappa shape index (κ3) is 2.06. The Balaban J connectivity index is 2.46. The van der Waals surface area contributed by atoms with Crippen LogP contribution in [-0.4, -0.2) is 9.97 Å². The second-order valence-electron chi connectivity index (χ2n) is 2.90. The van der Waals surface area contributed by atoms with Gasteiger partial charge in [0.05, 0.1) is 6.20 Å². The molecule has 0 fully saturated rings. The summed E-state index contributed by atoms with van der Waals surface area (Å²) < 4.78 is 0. The number of hydrogen-bond donors (Lipinski definition) is 2. The van der Waals surface area contributed by atoms with Crippen LogP contribution >= 0.6 is 11.6 Å². The zero-order valence-corrected chi connectivity index (χ0v) is 8.57. The summed E-state index contributed by atoms with van der Waals surface area (Å²) >= 11 is 5.82. The molecule has 15 heavy (non-hydrogen) atoms. The Morgan fingerprint density at radius 3 is 2.60 bits per heavy atom. The number of anilines is 1. The molecule has 0 saturated carbocycles. The number of nitrogens with two attached hydrogens (primary N) is 1. The molecule has 1 aromatic carbocycles. The number of nitrogens with one attached hydrogen (secondary N) is 1. The summed E-state index contributed by atoms with van der Waals surface area (Å²) in [6.45, 7) is 0. The Hall–Kier alpha value is -1.65. The van der Waals surface area contributed by atoms with Gasteiger partial charge in [0.25, 0.3) is 0 Å². The van der Waals surface area contributed by atoms with Gasteiger partial charge in [0.15, 0.2) is 11.6 Å². The van der Waals surface area contributed by atoms with Crippen molar-refractivity contribution in [1.82, 2.24) is 9.97 Å². The zero-order chi connectivity index (χ0) is 10.7. The van der Waals surface area contributed by atoms with E-state index in [1.165, 1.54) is 6.20 Å². The second kappa shape index (κ2) is 4.25. The molecule has 3 N–H and O–H groups in total. The van der Waals surface area contributed by atoms with E-state index in [1.54, 1.807) is 0 Å². The summed E-state index contributed by atoms with van der Waals surface area (Å²) in [7, 11) is 0. The van der Waals surface area contributed by atoms with E-state index in [0.29, 0.717) is 16.7 Å². The standard InChI is InChI=1S/C10H9ClN4/c11-8-6-13-9(14-10(8)15-12)7-4-2-1-3-5-7/h1-6H,12H2,(H,13,14,15). The Bertz CT molecular complexity index is 458. The quantitative estimate of drug-likeness (QED) is 0.601. The number of hydrazine groups is 1. The number of aromatic nitrogens is 2. The molecule has 0 aliphatic rings. The predicted octanol–water partition coefficient (Wildman–Crippen LogP) is 2.08. The van der Waals surface area contributed by atoms with Gasteiger partial charge in [-0.1, -0.05) is 41.9 Å². The smallest absolute Gasteiger partial charge is 0.162 e. The Kier molecular flexibility index (Phi) is 2.80. The van der Waals surface area contributed by atoms with Gasteiger partial charge in [0, 0.05) is 5.56 Å². The van der Waals surface area contributed by atoms with Crippen molar-refractivity contribution in [2.24, 2.45) is 5.84 Å². The lowest BCUT2D eigenvalue weighted by atomic mass is 10.2. The minimum atomic E-state index is 0.400. The van der Waals surface area contributed by atoms with Crippen molar-refractivity contribution in [3.63, 3.8) is 0 Å². The van der Waals surface area contributed by atoms with Gasteiger partial charge in [-0.15, -0.1) is 0 Å². The average molecular weight is 221 g/mol. The fourth-order valence-corrected chi connectivity index (χ4v) is 1.34. The van der Waals surface area contributed by atoms with Gasteiger partial charge in [-0.2, -0.15) is 0 Å². The fraction of sp³-hybridized carbons (Fsp3) is 0. The molecule has 5 heteroatoms. The van der Waals surface area contributed by atoms with E-state index in [1.807, 2.05) is 30.3 Å². The van der Waals surface area contributed by atoms with Crippen LogP contribution in [0.1, 0.15) is 0 Å². The van der Waals surface area contributed by atoms with E-state index in [-0.39, 0.29) is 0 Å². The number of hydrogen-bond acceptors (Lipinski definition) is 4. The van der Waals surface area contributed by atoms with Crippen LogP contribution in [0.4, 0.5) is 5.82 Å². The normalized spacial score (nSPS) is 10.0. The van der Waals surface area contributed by atoms with E-state index in [4.69, 9.17) is 17.4 Å². The van der Waals surface area contributed by atoms with Crippen LogP contribution in [0.25, 0.3) is 11.4 Å². The highest BCUT2D eigenvalue weighted by Crippen LogP contribution is 2.21. The number of rotatable bonds is 2. The largest absolute Gasteiger partial charge is 0.307 e. The van der Waals surface area contributed by atoms with Crippen LogP contribution < -0.4 is 11.3 Å². The van der Waals surface area contributed by atoms with Crippen LogP contribution in [0, 0.1) is 0 Å². The number of nitrogens with zero attached hydrogens (tertiary/aromatic N) is 2. The molecular weight excluding hydrogens is 212 g/mol. The van der Waals surface area contributed by atoms with Gasteiger partial charge in [-0.25, -0.2) is 15.8 Å². The summed E-state index contributed by atoms with van der Waals surface area (Å²) in [5, 5.41) is 0.400. The molecule has 0 unspecified atom stereocenters. The maximum Gasteiger partial charge on any atom is 0.162 e. The van der Waals surface area contributed by atoms with Gasteiger partial charge in [0.2, 0.25) is 0 Å².